The van der Waals surface area contributed by atoms with Crippen molar-refractivity contribution in [2.45, 2.75) is 18.9 Å². The molecule has 1 heterocycles. The van der Waals surface area contributed by atoms with E-state index in [1.54, 1.807) is 0 Å². The second-order valence-electron chi connectivity index (χ2n) is 7.76. The smallest absolute Gasteiger partial charge is 0.323 e. The number of nitrogens with zero attached hydrogens (tertiary/aromatic N) is 1. The van der Waals surface area contributed by atoms with Crippen LogP contribution in [-0.2, 0) is 9.53 Å². The molecule has 0 amide bonds. The Balaban J connectivity index is 1.78. The number of carbonyl (C=O) groups is 1. The van der Waals surface area contributed by atoms with Crippen molar-refractivity contribution in [2.75, 3.05) is 26.4 Å². The molecule has 0 aliphatic carbocycles. The van der Waals surface area contributed by atoms with E-state index in [1.165, 1.54) is 23.0 Å². The molecule has 3 aromatic carbocycles. The van der Waals surface area contributed by atoms with Gasteiger partial charge in [-0.25, -0.2) is 0 Å². The first-order valence-corrected chi connectivity index (χ1v) is 12.6. The van der Waals surface area contributed by atoms with Gasteiger partial charge in [0.15, 0.2) is 0 Å². The van der Waals surface area contributed by atoms with E-state index in [0.29, 0.717) is 0 Å². The highest BCUT2D eigenvalue weighted by Crippen LogP contribution is 2.55. The van der Waals surface area contributed by atoms with E-state index in [0.717, 1.165) is 32.1 Å². The average Bonchev–Trinajstić information content (AvgIpc) is 3.30. The van der Waals surface area contributed by atoms with Gasteiger partial charge >= 0.3 is 5.97 Å². The van der Waals surface area contributed by atoms with Crippen molar-refractivity contribution in [2.24, 2.45) is 0 Å². The molecule has 0 bridgehead atoms. The second kappa shape index (κ2) is 9.55. The maximum atomic E-state index is 12.3. The van der Waals surface area contributed by atoms with E-state index in [4.69, 9.17) is 4.74 Å². The topological polar surface area (TPSA) is 29.5 Å². The van der Waals surface area contributed by atoms with E-state index >= 15 is 0 Å². The Morgan fingerprint density at radius 1 is 0.867 bits per heavy atom. The summed E-state index contributed by atoms with van der Waals surface area (Å²) in [4.78, 5) is 14.6. The minimum atomic E-state index is -1.86. The lowest BCUT2D eigenvalue weighted by atomic mass is 10.2. The van der Waals surface area contributed by atoms with Gasteiger partial charge in [0.25, 0.3) is 0 Å². The van der Waals surface area contributed by atoms with E-state index < -0.39 is 7.26 Å². The third-order valence-electron chi connectivity index (χ3n) is 6.15. The van der Waals surface area contributed by atoms with Crippen LogP contribution in [0.2, 0.25) is 0 Å². The molecule has 0 spiro atoms. The quantitative estimate of drug-likeness (QED) is 0.434. The van der Waals surface area contributed by atoms with Crippen molar-refractivity contribution in [3.63, 3.8) is 0 Å². The van der Waals surface area contributed by atoms with Crippen molar-refractivity contribution in [3.8, 4) is 0 Å². The zero-order valence-corrected chi connectivity index (χ0v) is 18.4. The zero-order chi connectivity index (χ0) is 20.8. The van der Waals surface area contributed by atoms with Crippen LogP contribution in [0.5, 0.6) is 0 Å². The minimum Gasteiger partial charge on any atom is -0.468 e. The van der Waals surface area contributed by atoms with Crippen LogP contribution in [-0.4, -0.2) is 43.3 Å². The molecule has 1 atom stereocenters. The predicted octanol–water partition coefficient (Wildman–Crippen LogP) is 3.62. The van der Waals surface area contributed by atoms with E-state index in [9.17, 15) is 4.79 Å². The van der Waals surface area contributed by atoms with Crippen LogP contribution in [0.3, 0.4) is 0 Å². The molecule has 1 saturated heterocycles. The number of benzene rings is 3. The van der Waals surface area contributed by atoms with Gasteiger partial charge in [0.2, 0.25) is 0 Å². The largest absolute Gasteiger partial charge is 0.468 e. The Morgan fingerprint density at radius 3 is 1.77 bits per heavy atom. The van der Waals surface area contributed by atoms with Crippen LogP contribution in [0.1, 0.15) is 12.8 Å². The van der Waals surface area contributed by atoms with Crippen molar-refractivity contribution in [3.05, 3.63) is 91.0 Å². The summed E-state index contributed by atoms with van der Waals surface area (Å²) in [5.41, 5.74) is 0. The number of ether oxygens (including phenoxy) is 1. The number of esters is 1. The van der Waals surface area contributed by atoms with E-state index in [1.807, 2.05) is 0 Å². The number of methoxy groups -OCH3 is 1. The fourth-order valence-electron chi connectivity index (χ4n) is 4.66. The summed E-state index contributed by atoms with van der Waals surface area (Å²) in [6.07, 6.45) is 2.94. The van der Waals surface area contributed by atoms with Crippen molar-refractivity contribution in [1.82, 2.24) is 4.90 Å². The zero-order valence-electron chi connectivity index (χ0n) is 17.5. The highest BCUT2D eigenvalue weighted by Gasteiger charge is 2.46. The molecule has 0 unspecified atom stereocenters. The Kier molecular flexibility index (Phi) is 6.62. The monoisotopic (exact) mass is 418 g/mol. The number of likely N-dealkylation sites (tertiary alicyclic amines) is 1. The standard InChI is InChI=1S/C26H29NO2P/c1-29-26(28)25-18-11-19-27(25)20-21-30(22-12-5-2-6-13-22,23-14-7-3-8-15-23)24-16-9-4-10-17-24/h2-10,12-17,25H,11,18-21H2,1H3/q+1/t25-/m0/s1. The van der Waals surface area contributed by atoms with Gasteiger partial charge in [0.05, 0.1) is 13.3 Å². The normalized spacial score (nSPS) is 17.0. The lowest BCUT2D eigenvalue weighted by molar-refractivity contribution is -0.145. The van der Waals surface area contributed by atoms with Crippen molar-refractivity contribution < 1.29 is 9.53 Å². The Hall–Kier alpha value is -2.48. The van der Waals surface area contributed by atoms with Crippen LogP contribution in [0.4, 0.5) is 0 Å². The first-order valence-electron chi connectivity index (χ1n) is 10.6. The van der Waals surface area contributed by atoms with Gasteiger partial charge in [-0.1, -0.05) is 54.6 Å². The molecule has 0 N–H and O–H groups in total. The molecular formula is C26H29NO2P+. The summed E-state index contributed by atoms with van der Waals surface area (Å²) in [6, 6.07) is 32.6. The third kappa shape index (κ3) is 4.05. The highest BCUT2D eigenvalue weighted by molar-refractivity contribution is 7.95. The summed E-state index contributed by atoms with van der Waals surface area (Å²) in [5, 5.41) is 4.16. The summed E-state index contributed by atoms with van der Waals surface area (Å²) in [5.74, 6) is -0.101. The molecule has 0 radical (unpaired) electrons. The van der Waals surface area contributed by atoms with Gasteiger partial charge in [-0.05, 0) is 55.8 Å². The van der Waals surface area contributed by atoms with Crippen LogP contribution < -0.4 is 15.9 Å². The first kappa shape index (κ1) is 20.8. The predicted molar refractivity (Wildman–Crippen MR) is 127 cm³/mol. The first-order chi connectivity index (χ1) is 14.8. The van der Waals surface area contributed by atoms with Crippen LogP contribution in [0.15, 0.2) is 91.0 Å². The maximum Gasteiger partial charge on any atom is 0.323 e. The van der Waals surface area contributed by atoms with Crippen LogP contribution >= 0.6 is 7.26 Å². The second-order valence-corrected chi connectivity index (χ2v) is 11.4. The molecule has 3 aromatic rings. The summed E-state index contributed by atoms with van der Waals surface area (Å²) < 4.78 is 5.08. The molecule has 4 rings (SSSR count). The van der Waals surface area contributed by atoms with E-state index in [-0.39, 0.29) is 12.0 Å². The minimum absolute atomic E-state index is 0.101. The molecule has 0 saturated carbocycles. The van der Waals surface area contributed by atoms with Crippen LogP contribution in [0, 0.1) is 0 Å². The molecule has 1 aliphatic rings. The Labute approximate surface area is 180 Å². The summed E-state index contributed by atoms with van der Waals surface area (Å²) >= 11 is 0. The molecule has 30 heavy (non-hydrogen) atoms. The van der Waals surface area contributed by atoms with E-state index in [2.05, 4.69) is 95.9 Å². The van der Waals surface area contributed by atoms with Gasteiger partial charge in [0, 0.05) is 6.54 Å². The van der Waals surface area contributed by atoms with Gasteiger partial charge in [0.1, 0.15) is 29.2 Å². The molecule has 154 valence electrons. The average molecular weight is 418 g/mol. The molecule has 4 heteroatoms. The molecule has 0 aromatic heterocycles. The molecule has 3 nitrogen and oxygen atoms in total. The lowest BCUT2D eigenvalue weighted by Gasteiger charge is -2.30. The van der Waals surface area contributed by atoms with Crippen molar-refractivity contribution >= 4 is 29.1 Å². The van der Waals surface area contributed by atoms with Gasteiger partial charge in [-0.3, -0.25) is 9.69 Å². The number of carbonyl (C=O) groups excluding carboxylic acids is 1. The van der Waals surface area contributed by atoms with Gasteiger partial charge in [-0.15, -0.1) is 0 Å². The highest BCUT2D eigenvalue weighted by atomic mass is 31.2. The molecule has 1 aliphatic heterocycles. The van der Waals surface area contributed by atoms with Crippen molar-refractivity contribution in [1.29, 1.82) is 0 Å². The number of hydrogen-bond donors (Lipinski definition) is 0. The number of rotatable bonds is 7. The summed E-state index contributed by atoms with van der Waals surface area (Å²) in [6.45, 7) is 1.84. The number of hydrogen-bond acceptors (Lipinski definition) is 3. The maximum absolute atomic E-state index is 12.3. The fraction of sp³-hybridized carbons (Fsp3) is 0.269. The van der Waals surface area contributed by atoms with Crippen LogP contribution in [0.25, 0.3) is 0 Å². The Bertz CT molecular complexity index is 850. The Morgan fingerprint density at radius 2 is 1.33 bits per heavy atom. The van der Waals surface area contributed by atoms with Gasteiger partial charge < -0.3 is 4.74 Å². The fourth-order valence-corrected chi connectivity index (χ4v) is 8.93. The van der Waals surface area contributed by atoms with Gasteiger partial charge in [-0.2, -0.15) is 0 Å². The SMILES string of the molecule is COC(=O)[C@@H]1CCCN1CC[P+](c1ccccc1)(c1ccccc1)c1ccccc1. The third-order valence-corrected chi connectivity index (χ3v) is 10.6. The summed E-state index contributed by atoms with van der Waals surface area (Å²) in [7, 11) is -0.371. The lowest BCUT2D eigenvalue weighted by Crippen LogP contribution is -2.42. The molecule has 1 fully saturated rings. The molecular weight excluding hydrogens is 389 g/mol.